The summed E-state index contributed by atoms with van der Waals surface area (Å²) in [6.45, 7) is 1.10. The molecule has 0 saturated carbocycles. The molecule has 27 heavy (non-hydrogen) atoms. The second kappa shape index (κ2) is 7.94. The van der Waals surface area contributed by atoms with Gasteiger partial charge in [-0.25, -0.2) is 4.98 Å². The molecular formula is C19H21F3N4O. The van der Waals surface area contributed by atoms with Gasteiger partial charge in [-0.15, -0.1) is 0 Å². The second-order valence-corrected chi connectivity index (χ2v) is 6.71. The van der Waals surface area contributed by atoms with Crippen molar-refractivity contribution in [1.29, 1.82) is 0 Å². The number of halogens is 3. The number of carbonyl (C=O) groups excluding carboxylic acids is 1. The third-order valence-corrected chi connectivity index (χ3v) is 4.68. The number of piperidine rings is 1. The van der Waals surface area contributed by atoms with Crippen molar-refractivity contribution in [3.63, 3.8) is 0 Å². The molecule has 1 fully saturated rings. The zero-order valence-electron chi connectivity index (χ0n) is 15.0. The Kier molecular flexibility index (Phi) is 5.62. The fourth-order valence-corrected chi connectivity index (χ4v) is 3.40. The van der Waals surface area contributed by atoms with Gasteiger partial charge < -0.3 is 9.80 Å². The maximum Gasteiger partial charge on any atom is 0.419 e. The molecular weight excluding hydrogens is 357 g/mol. The van der Waals surface area contributed by atoms with Crippen LogP contribution in [0.15, 0.2) is 42.9 Å². The molecule has 1 aliphatic heterocycles. The highest BCUT2D eigenvalue weighted by Crippen LogP contribution is 2.36. The Morgan fingerprint density at radius 2 is 2.07 bits per heavy atom. The van der Waals surface area contributed by atoms with Gasteiger partial charge in [0.25, 0.3) is 0 Å². The molecule has 3 rings (SSSR count). The van der Waals surface area contributed by atoms with Crippen LogP contribution >= 0.6 is 0 Å². The third-order valence-electron chi connectivity index (χ3n) is 4.68. The van der Waals surface area contributed by atoms with E-state index in [0.717, 1.165) is 11.6 Å². The van der Waals surface area contributed by atoms with E-state index in [0.29, 0.717) is 25.9 Å². The van der Waals surface area contributed by atoms with Gasteiger partial charge in [0.05, 0.1) is 11.5 Å². The van der Waals surface area contributed by atoms with E-state index in [1.165, 1.54) is 12.3 Å². The Balaban J connectivity index is 1.72. The van der Waals surface area contributed by atoms with Crippen LogP contribution in [-0.2, 0) is 17.5 Å². The van der Waals surface area contributed by atoms with Crippen LogP contribution in [0.2, 0.25) is 0 Å². The summed E-state index contributed by atoms with van der Waals surface area (Å²) < 4.78 is 39.8. The lowest BCUT2D eigenvalue weighted by molar-refractivity contribution is -0.137. The number of hydrogen-bond acceptors (Lipinski definition) is 4. The molecule has 1 atom stereocenters. The van der Waals surface area contributed by atoms with Crippen molar-refractivity contribution in [1.82, 2.24) is 14.9 Å². The van der Waals surface area contributed by atoms with E-state index in [1.807, 2.05) is 6.07 Å². The van der Waals surface area contributed by atoms with Crippen LogP contribution in [0.4, 0.5) is 19.0 Å². The minimum Gasteiger partial charge on any atom is -0.355 e. The van der Waals surface area contributed by atoms with Crippen LogP contribution in [0.3, 0.4) is 0 Å². The summed E-state index contributed by atoms with van der Waals surface area (Å²) in [4.78, 5) is 24.0. The Bertz CT molecular complexity index is 782. The van der Waals surface area contributed by atoms with Crippen LogP contribution in [0, 0.1) is 5.92 Å². The van der Waals surface area contributed by atoms with Crippen molar-refractivity contribution in [3.8, 4) is 0 Å². The summed E-state index contributed by atoms with van der Waals surface area (Å²) in [5.41, 5.74) is 0.145. The number of anilines is 1. The summed E-state index contributed by atoms with van der Waals surface area (Å²) in [7, 11) is 1.70. The number of nitrogens with zero attached hydrogens (tertiary/aromatic N) is 4. The minimum atomic E-state index is -4.47. The molecule has 3 heterocycles. The second-order valence-electron chi connectivity index (χ2n) is 6.71. The lowest BCUT2D eigenvalue weighted by Gasteiger charge is -2.35. The molecule has 1 saturated heterocycles. The van der Waals surface area contributed by atoms with E-state index in [9.17, 15) is 18.0 Å². The van der Waals surface area contributed by atoms with E-state index in [4.69, 9.17) is 0 Å². The first-order valence-corrected chi connectivity index (χ1v) is 8.77. The van der Waals surface area contributed by atoms with Crippen molar-refractivity contribution in [2.45, 2.75) is 25.6 Å². The normalized spacial score (nSPS) is 17.6. The number of rotatable bonds is 4. The predicted molar refractivity (Wildman–Crippen MR) is 94.9 cm³/mol. The SMILES string of the molecule is CN(Cc1cccnc1)C(=O)C1CCCN(c2ncccc2C(F)(F)F)C1. The van der Waals surface area contributed by atoms with Gasteiger partial charge in [0.15, 0.2) is 0 Å². The van der Waals surface area contributed by atoms with Gasteiger partial charge in [0.1, 0.15) is 5.82 Å². The van der Waals surface area contributed by atoms with Crippen LogP contribution in [-0.4, -0.2) is 40.9 Å². The highest BCUT2D eigenvalue weighted by Gasteiger charge is 2.37. The summed E-state index contributed by atoms with van der Waals surface area (Å²) in [6.07, 6.45) is 1.53. The zero-order valence-corrected chi connectivity index (χ0v) is 15.0. The van der Waals surface area contributed by atoms with Crippen molar-refractivity contribution in [2.75, 3.05) is 25.0 Å². The lowest BCUT2D eigenvalue weighted by atomic mass is 9.96. The molecule has 1 aliphatic rings. The van der Waals surface area contributed by atoms with Crippen LogP contribution < -0.4 is 4.90 Å². The lowest BCUT2D eigenvalue weighted by Crippen LogP contribution is -2.44. The number of carbonyl (C=O) groups is 1. The first kappa shape index (κ1) is 19.1. The predicted octanol–water partition coefficient (Wildman–Crippen LogP) is 3.37. The minimum absolute atomic E-state index is 0.0759. The smallest absolute Gasteiger partial charge is 0.355 e. The summed E-state index contributed by atoms with van der Waals surface area (Å²) in [5, 5.41) is 0. The van der Waals surface area contributed by atoms with Crippen molar-refractivity contribution in [3.05, 3.63) is 54.0 Å². The number of hydrogen-bond donors (Lipinski definition) is 0. The van der Waals surface area contributed by atoms with E-state index in [2.05, 4.69) is 9.97 Å². The fraction of sp³-hybridized carbons (Fsp3) is 0.421. The first-order chi connectivity index (χ1) is 12.9. The number of aromatic nitrogens is 2. The standard InChI is InChI=1S/C19H21F3N4O/c1-25(12-14-5-2-8-23-11-14)18(27)15-6-4-10-26(13-15)17-16(19(20,21)22)7-3-9-24-17/h2-3,5,7-9,11,15H,4,6,10,12-13H2,1H3. The van der Waals surface area contributed by atoms with E-state index >= 15 is 0 Å². The van der Waals surface area contributed by atoms with Gasteiger partial charge in [0, 0.05) is 45.3 Å². The molecule has 0 spiro atoms. The number of pyridine rings is 2. The van der Waals surface area contributed by atoms with Gasteiger partial charge in [-0.2, -0.15) is 13.2 Å². The van der Waals surface area contributed by atoms with Gasteiger partial charge in [-0.1, -0.05) is 6.07 Å². The van der Waals surface area contributed by atoms with Gasteiger partial charge in [-0.3, -0.25) is 9.78 Å². The van der Waals surface area contributed by atoms with E-state index in [1.54, 1.807) is 35.3 Å². The first-order valence-electron chi connectivity index (χ1n) is 8.77. The molecule has 0 N–H and O–H groups in total. The average Bonchev–Trinajstić information content (AvgIpc) is 2.67. The highest BCUT2D eigenvalue weighted by atomic mass is 19.4. The van der Waals surface area contributed by atoms with Crippen LogP contribution in [0.5, 0.6) is 0 Å². The molecule has 0 aliphatic carbocycles. The summed E-state index contributed by atoms with van der Waals surface area (Å²) >= 11 is 0. The van der Waals surface area contributed by atoms with Crippen molar-refractivity contribution < 1.29 is 18.0 Å². The Hall–Kier alpha value is -2.64. The molecule has 0 bridgehead atoms. The molecule has 0 radical (unpaired) electrons. The molecule has 1 amide bonds. The van der Waals surface area contributed by atoms with Crippen LogP contribution in [0.25, 0.3) is 0 Å². The average molecular weight is 378 g/mol. The maximum atomic E-state index is 13.3. The summed E-state index contributed by atoms with van der Waals surface area (Å²) in [5.74, 6) is -0.533. The highest BCUT2D eigenvalue weighted by molar-refractivity contribution is 5.79. The van der Waals surface area contributed by atoms with E-state index < -0.39 is 11.7 Å². The number of amides is 1. The molecule has 2 aromatic rings. The molecule has 8 heteroatoms. The summed E-state index contributed by atoms with van der Waals surface area (Å²) in [6, 6.07) is 5.99. The van der Waals surface area contributed by atoms with Crippen molar-refractivity contribution in [2.24, 2.45) is 5.92 Å². The maximum absolute atomic E-state index is 13.3. The van der Waals surface area contributed by atoms with Gasteiger partial charge >= 0.3 is 6.18 Å². The van der Waals surface area contributed by atoms with Gasteiger partial charge in [-0.05, 0) is 36.6 Å². The third kappa shape index (κ3) is 4.56. The fourth-order valence-electron chi connectivity index (χ4n) is 3.40. The topological polar surface area (TPSA) is 49.3 Å². The Labute approximate surface area is 155 Å². The van der Waals surface area contributed by atoms with Crippen molar-refractivity contribution >= 4 is 11.7 Å². The zero-order chi connectivity index (χ0) is 19.4. The largest absolute Gasteiger partial charge is 0.419 e. The molecule has 2 aromatic heterocycles. The Morgan fingerprint density at radius 1 is 1.30 bits per heavy atom. The van der Waals surface area contributed by atoms with E-state index in [-0.39, 0.29) is 24.2 Å². The molecule has 1 unspecified atom stereocenters. The molecule has 0 aromatic carbocycles. The quantitative estimate of drug-likeness (QED) is 0.819. The molecule has 144 valence electrons. The molecule has 5 nitrogen and oxygen atoms in total. The van der Waals surface area contributed by atoms with Gasteiger partial charge in [0.2, 0.25) is 5.91 Å². The Morgan fingerprint density at radius 3 is 2.78 bits per heavy atom. The monoisotopic (exact) mass is 378 g/mol. The number of alkyl halides is 3. The van der Waals surface area contributed by atoms with Crippen LogP contribution in [0.1, 0.15) is 24.0 Å².